The zero-order valence-electron chi connectivity index (χ0n) is 15.1. The molecule has 2 heterocycles. The number of hydrogen-bond donors (Lipinski definition) is 0. The molecule has 0 saturated carbocycles. The third kappa shape index (κ3) is 4.25. The lowest BCUT2D eigenvalue weighted by Crippen LogP contribution is -2.54. The number of rotatable bonds is 3. The normalized spacial score (nSPS) is 18.5. The monoisotopic (exact) mass is 417 g/mol. The second kappa shape index (κ2) is 8.39. The lowest BCUT2D eigenvalue weighted by Gasteiger charge is -2.37. The van der Waals surface area contributed by atoms with Crippen molar-refractivity contribution in [3.63, 3.8) is 0 Å². The van der Waals surface area contributed by atoms with Gasteiger partial charge in [0.15, 0.2) is 0 Å². The number of nitrogens with zero attached hydrogens (tertiary/aromatic N) is 3. The van der Waals surface area contributed by atoms with Gasteiger partial charge in [-0.1, -0.05) is 0 Å². The van der Waals surface area contributed by atoms with E-state index in [4.69, 9.17) is 4.74 Å². The molecule has 0 atom stereocenters. The summed E-state index contributed by atoms with van der Waals surface area (Å²) in [5, 5.41) is 0. The number of hydrogen-bond acceptors (Lipinski definition) is 6. The van der Waals surface area contributed by atoms with Crippen LogP contribution in [0.4, 0.5) is 14.5 Å². The molecule has 8 nitrogen and oxygen atoms in total. The van der Waals surface area contributed by atoms with E-state index in [1.165, 1.54) is 21.9 Å². The molecule has 0 spiro atoms. The van der Waals surface area contributed by atoms with E-state index < -0.39 is 32.3 Å². The summed E-state index contributed by atoms with van der Waals surface area (Å²) in [7, 11) is -4.62. The van der Waals surface area contributed by atoms with Gasteiger partial charge >= 0.3 is 17.6 Å². The molecule has 2 saturated heterocycles. The van der Waals surface area contributed by atoms with Crippen molar-refractivity contribution in [1.82, 2.24) is 9.80 Å². The molecule has 0 radical (unpaired) electrons. The van der Waals surface area contributed by atoms with Crippen LogP contribution in [0.2, 0.25) is 0 Å². The highest BCUT2D eigenvalue weighted by Gasteiger charge is 2.31. The van der Waals surface area contributed by atoms with Crippen LogP contribution in [-0.2, 0) is 24.2 Å². The van der Waals surface area contributed by atoms with Gasteiger partial charge in [-0.15, -0.1) is 0 Å². The van der Waals surface area contributed by atoms with Crippen LogP contribution in [-0.4, -0.2) is 88.3 Å². The van der Waals surface area contributed by atoms with Crippen molar-refractivity contribution in [3.8, 4) is 0 Å². The molecule has 154 valence electrons. The van der Waals surface area contributed by atoms with Gasteiger partial charge in [-0.3, -0.25) is 9.59 Å². The van der Waals surface area contributed by atoms with E-state index in [9.17, 15) is 26.8 Å². The van der Waals surface area contributed by atoms with Crippen LogP contribution < -0.4 is 4.90 Å². The quantitative estimate of drug-likeness (QED) is 0.653. The Hall–Kier alpha value is -2.27. The van der Waals surface area contributed by atoms with Crippen molar-refractivity contribution >= 4 is 27.3 Å². The lowest BCUT2D eigenvalue weighted by atomic mass is 10.2. The van der Waals surface area contributed by atoms with Crippen molar-refractivity contribution < 1.29 is 31.5 Å². The van der Waals surface area contributed by atoms with E-state index in [-0.39, 0.29) is 0 Å². The van der Waals surface area contributed by atoms with Crippen LogP contribution in [0, 0.1) is 0 Å². The minimum Gasteiger partial charge on any atom is -0.378 e. The lowest BCUT2D eigenvalue weighted by molar-refractivity contribution is -0.154. The fourth-order valence-electron chi connectivity index (χ4n) is 3.15. The number of amides is 2. The summed E-state index contributed by atoms with van der Waals surface area (Å²) in [6.45, 7) is 3.22. The summed E-state index contributed by atoms with van der Waals surface area (Å²) in [5.41, 5.74) is 0.667. The van der Waals surface area contributed by atoms with Gasteiger partial charge in [0.25, 0.3) is 0 Å². The molecule has 1 aromatic rings. The summed E-state index contributed by atoms with van der Waals surface area (Å²) >= 11 is 0. The maximum Gasteiger partial charge on any atom is 0.341 e. The van der Waals surface area contributed by atoms with Crippen LogP contribution in [0.3, 0.4) is 0 Å². The summed E-state index contributed by atoms with van der Waals surface area (Å²) in [6.07, 6.45) is 0. The van der Waals surface area contributed by atoms with Crippen molar-refractivity contribution in [1.29, 1.82) is 0 Å². The highest BCUT2D eigenvalue weighted by molar-refractivity contribution is 7.91. The van der Waals surface area contributed by atoms with Crippen LogP contribution in [0.15, 0.2) is 29.2 Å². The molecule has 0 aromatic heterocycles. The van der Waals surface area contributed by atoms with E-state index >= 15 is 0 Å². The first-order chi connectivity index (χ1) is 13.3. The Labute approximate surface area is 161 Å². The number of carbonyl (C=O) groups is 2. The molecule has 0 N–H and O–H groups in total. The molecule has 2 amide bonds. The number of piperazine rings is 1. The van der Waals surface area contributed by atoms with Gasteiger partial charge in [-0.2, -0.15) is 8.78 Å². The first kappa shape index (κ1) is 20.5. The number of benzene rings is 1. The Kier molecular flexibility index (Phi) is 6.14. The molecule has 2 fully saturated rings. The van der Waals surface area contributed by atoms with E-state index in [0.29, 0.717) is 58.2 Å². The molecule has 28 heavy (non-hydrogen) atoms. The van der Waals surface area contributed by atoms with Gasteiger partial charge < -0.3 is 19.4 Å². The Bertz CT molecular complexity index is 818. The Balaban J connectivity index is 1.58. The van der Waals surface area contributed by atoms with E-state index in [0.717, 1.165) is 12.1 Å². The van der Waals surface area contributed by atoms with Crippen LogP contribution in [0.1, 0.15) is 0 Å². The standard InChI is InChI=1S/C17H21F2N3O5S/c18-17(19)28(25,26)14-3-1-13(2-4-14)20-5-7-21(8-6-20)15(23)16(24)22-9-11-27-12-10-22/h1-4,17H,5-12H2. The van der Waals surface area contributed by atoms with Crippen molar-refractivity contribution in [3.05, 3.63) is 24.3 Å². The van der Waals surface area contributed by atoms with Gasteiger partial charge in [-0.05, 0) is 24.3 Å². The highest BCUT2D eigenvalue weighted by atomic mass is 32.2. The van der Waals surface area contributed by atoms with Gasteiger partial charge in [0.05, 0.1) is 18.1 Å². The zero-order chi connectivity index (χ0) is 20.3. The molecule has 0 bridgehead atoms. The average Bonchev–Trinajstić information content (AvgIpc) is 2.73. The Morgan fingerprint density at radius 1 is 0.857 bits per heavy atom. The third-order valence-corrected chi connectivity index (χ3v) is 6.21. The first-order valence-corrected chi connectivity index (χ1v) is 10.4. The number of halogens is 2. The zero-order valence-corrected chi connectivity index (χ0v) is 15.9. The highest BCUT2D eigenvalue weighted by Crippen LogP contribution is 2.23. The Morgan fingerprint density at radius 2 is 1.36 bits per heavy atom. The number of anilines is 1. The summed E-state index contributed by atoms with van der Waals surface area (Å²) in [4.78, 5) is 29.1. The van der Waals surface area contributed by atoms with Crippen LogP contribution >= 0.6 is 0 Å². The van der Waals surface area contributed by atoms with Gasteiger partial charge in [0.1, 0.15) is 0 Å². The van der Waals surface area contributed by atoms with Gasteiger partial charge in [-0.25, -0.2) is 8.42 Å². The van der Waals surface area contributed by atoms with Crippen LogP contribution in [0.5, 0.6) is 0 Å². The molecule has 1 aromatic carbocycles. The Morgan fingerprint density at radius 3 is 1.86 bits per heavy atom. The van der Waals surface area contributed by atoms with E-state index in [1.807, 2.05) is 4.90 Å². The van der Waals surface area contributed by atoms with Crippen molar-refractivity contribution in [2.45, 2.75) is 10.7 Å². The summed E-state index contributed by atoms with van der Waals surface area (Å²) < 4.78 is 53.3. The summed E-state index contributed by atoms with van der Waals surface area (Å²) in [6, 6.07) is 5.23. The largest absolute Gasteiger partial charge is 0.378 e. The predicted molar refractivity (Wildman–Crippen MR) is 95.8 cm³/mol. The molecule has 0 aliphatic carbocycles. The maximum atomic E-state index is 12.6. The number of carbonyl (C=O) groups excluding carboxylic acids is 2. The summed E-state index contributed by atoms with van der Waals surface area (Å²) in [5.74, 6) is -4.53. The minimum absolute atomic E-state index is 0.339. The number of alkyl halides is 2. The smallest absolute Gasteiger partial charge is 0.341 e. The van der Waals surface area contributed by atoms with Crippen molar-refractivity contribution in [2.24, 2.45) is 0 Å². The third-order valence-electron chi connectivity index (χ3n) is 4.81. The molecule has 2 aliphatic heterocycles. The number of sulfone groups is 1. The SMILES string of the molecule is O=C(C(=O)N1CCN(c2ccc(S(=O)(=O)C(F)F)cc2)CC1)N1CCOCC1. The maximum absolute atomic E-state index is 12.6. The van der Waals surface area contributed by atoms with Gasteiger partial charge in [0, 0.05) is 45.0 Å². The molecular weight excluding hydrogens is 396 g/mol. The molecule has 2 aliphatic rings. The molecule has 11 heteroatoms. The molecular formula is C17H21F2N3O5S. The second-order valence-corrected chi connectivity index (χ2v) is 8.40. The number of ether oxygens (including phenoxy) is 1. The minimum atomic E-state index is -4.62. The van der Waals surface area contributed by atoms with Gasteiger partial charge in [0.2, 0.25) is 9.84 Å². The fraction of sp³-hybridized carbons (Fsp3) is 0.529. The second-order valence-electron chi connectivity index (χ2n) is 6.48. The molecule has 3 rings (SSSR count). The topological polar surface area (TPSA) is 87.2 Å². The van der Waals surface area contributed by atoms with E-state index in [1.54, 1.807) is 0 Å². The predicted octanol–water partition coefficient (Wildman–Crippen LogP) is 0.190. The van der Waals surface area contributed by atoms with Crippen molar-refractivity contribution in [2.75, 3.05) is 57.4 Å². The fourth-order valence-corrected chi connectivity index (χ4v) is 3.88. The van der Waals surface area contributed by atoms with Crippen LogP contribution in [0.25, 0.3) is 0 Å². The average molecular weight is 417 g/mol. The first-order valence-electron chi connectivity index (χ1n) is 8.83. The van der Waals surface area contributed by atoms with E-state index in [2.05, 4.69) is 0 Å². The molecule has 0 unspecified atom stereocenters. The number of morpholine rings is 1.